The third-order valence-electron chi connectivity index (χ3n) is 6.45. The molecule has 1 aliphatic heterocycles. The lowest BCUT2D eigenvalue weighted by Gasteiger charge is -2.26. The first-order chi connectivity index (χ1) is 17.6. The number of nitrogens with one attached hydrogen (secondary N) is 1. The number of carbonyl (C=O) groups is 2. The minimum Gasteiger partial charge on any atom is -0.490 e. The summed E-state index contributed by atoms with van der Waals surface area (Å²) >= 11 is 0. The number of hydrogen-bond acceptors (Lipinski definition) is 7. The molecule has 0 unspecified atom stereocenters. The van der Waals surface area contributed by atoms with Gasteiger partial charge in [-0.2, -0.15) is 5.26 Å². The fraction of sp³-hybridized carbons (Fsp3) is 0.464. The van der Waals surface area contributed by atoms with E-state index in [0.29, 0.717) is 42.1 Å². The van der Waals surface area contributed by atoms with Crippen LogP contribution in [0.4, 0.5) is 0 Å². The third kappa shape index (κ3) is 6.08. The van der Waals surface area contributed by atoms with E-state index in [1.165, 1.54) is 0 Å². The van der Waals surface area contributed by atoms with Crippen LogP contribution in [0, 0.1) is 16.7 Å². The van der Waals surface area contributed by atoms with Gasteiger partial charge in [0.2, 0.25) is 0 Å². The molecule has 0 saturated heterocycles. The molecule has 194 valence electrons. The molecule has 2 aliphatic rings. The van der Waals surface area contributed by atoms with Crippen LogP contribution < -0.4 is 9.47 Å². The lowest BCUT2D eigenvalue weighted by Crippen LogP contribution is -2.30. The van der Waals surface area contributed by atoms with Gasteiger partial charge in [0.15, 0.2) is 23.9 Å². The number of carbonyl (C=O) groups excluding carboxylic acids is 1. The standard InChI is InChI=1S/C28H32N4O5/c1-28(2,3)20-12-19(13-23(36-11-5-4-10-29)26(20)37-16-24(34)35)22(33)15-32-14-18-8-9-21(17-6-7-17)31-25(18)27(32)30/h8-9,12-13,17,30H,4-7,11,14-16H2,1-3H3,(H,34,35). The molecule has 1 aromatic carbocycles. The van der Waals surface area contributed by atoms with Crippen LogP contribution in [0.1, 0.15) is 85.2 Å². The Kier molecular flexibility index (Phi) is 7.48. The number of fused-ring (bicyclic) bond motifs is 1. The molecule has 0 radical (unpaired) electrons. The van der Waals surface area contributed by atoms with E-state index in [1.54, 1.807) is 17.0 Å². The number of aliphatic carboxylic acids is 1. The van der Waals surface area contributed by atoms with Gasteiger partial charge in [-0.15, -0.1) is 0 Å². The second-order valence-corrected chi connectivity index (χ2v) is 10.5. The molecule has 1 fully saturated rings. The van der Waals surface area contributed by atoms with Gasteiger partial charge in [0.1, 0.15) is 11.5 Å². The summed E-state index contributed by atoms with van der Waals surface area (Å²) in [5.74, 6) is -0.0421. The number of ether oxygens (including phenoxy) is 2. The van der Waals surface area contributed by atoms with E-state index in [4.69, 9.17) is 25.1 Å². The lowest BCUT2D eigenvalue weighted by atomic mass is 9.84. The first kappa shape index (κ1) is 26.1. The highest BCUT2D eigenvalue weighted by atomic mass is 16.5. The monoisotopic (exact) mass is 504 g/mol. The number of amidine groups is 1. The third-order valence-corrected chi connectivity index (χ3v) is 6.45. The van der Waals surface area contributed by atoms with Crippen LogP contribution in [-0.2, 0) is 16.8 Å². The second-order valence-electron chi connectivity index (χ2n) is 10.5. The molecule has 9 heteroatoms. The topological polar surface area (TPSA) is 137 Å². The van der Waals surface area contributed by atoms with Crippen LogP contribution in [0.5, 0.6) is 11.5 Å². The largest absolute Gasteiger partial charge is 0.490 e. The number of unbranched alkanes of at least 4 members (excludes halogenated alkanes) is 1. The van der Waals surface area contributed by atoms with Crippen molar-refractivity contribution in [2.75, 3.05) is 19.8 Å². The van der Waals surface area contributed by atoms with Gasteiger partial charge in [0.25, 0.3) is 0 Å². The van der Waals surface area contributed by atoms with Gasteiger partial charge < -0.3 is 19.5 Å². The molecular formula is C28H32N4O5. The van der Waals surface area contributed by atoms with E-state index in [0.717, 1.165) is 24.1 Å². The van der Waals surface area contributed by atoms with E-state index in [1.807, 2.05) is 32.9 Å². The zero-order valence-electron chi connectivity index (χ0n) is 21.5. The van der Waals surface area contributed by atoms with Crippen molar-refractivity contribution in [2.45, 2.75) is 64.3 Å². The van der Waals surface area contributed by atoms with Crippen LogP contribution >= 0.6 is 0 Å². The number of pyridine rings is 1. The summed E-state index contributed by atoms with van der Waals surface area (Å²) in [6, 6.07) is 9.38. The van der Waals surface area contributed by atoms with Crippen LogP contribution in [0.3, 0.4) is 0 Å². The van der Waals surface area contributed by atoms with E-state index in [-0.39, 0.29) is 36.3 Å². The Balaban J connectivity index is 1.60. The highest BCUT2D eigenvalue weighted by molar-refractivity contribution is 6.04. The Hall–Kier alpha value is -3.93. The first-order valence-corrected chi connectivity index (χ1v) is 12.5. The Labute approximate surface area is 216 Å². The summed E-state index contributed by atoms with van der Waals surface area (Å²) in [5, 5.41) is 26.6. The predicted octanol–water partition coefficient (Wildman–Crippen LogP) is 4.43. The van der Waals surface area contributed by atoms with E-state index in [9.17, 15) is 14.7 Å². The summed E-state index contributed by atoms with van der Waals surface area (Å²) in [6.45, 7) is 5.95. The number of nitriles is 1. The predicted molar refractivity (Wildman–Crippen MR) is 136 cm³/mol. The number of Topliss-reactive ketones (excluding diaryl/α,β-unsaturated/α-hetero) is 1. The summed E-state index contributed by atoms with van der Waals surface area (Å²) in [5.41, 5.74) is 3.16. The Morgan fingerprint density at radius 1 is 1.24 bits per heavy atom. The zero-order valence-corrected chi connectivity index (χ0v) is 21.5. The highest BCUT2D eigenvalue weighted by Crippen LogP contribution is 2.41. The van der Waals surface area contributed by atoms with Gasteiger partial charge in [-0.05, 0) is 42.9 Å². The summed E-state index contributed by atoms with van der Waals surface area (Å²) < 4.78 is 11.5. The average Bonchev–Trinajstić information content (AvgIpc) is 3.65. The second kappa shape index (κ2) is 10.6. The van der Waals surface area contributed by atoms with Crippen LogP contribution in [0.2, 0.25) is 0 Å². The van der Waals surface area contributed by atoms with Crippen LogP contribution in [-0.4, -0.2) is 52.3 Å². The fourth-order valence-corrected chi connectivity index (χ4v) is 4.32. The van der Waals surface area contributed by atoms with Gasteiger partial charge in [-0.1, -0.05) is 26.8 Å². The van der Waals surface area contributed by atoms with Gasteiger partial charge in [-0.25, -0.2) is 9.78 Å². The van der Waals surface area contributed by atoms with Gasteiger partial charge in [0, 0.05) is 41.3 Å². The number of carboxylic acids is 1. The molecule has 0 bridgehead atoms. The molecule has 2 aromatic rings. The van der Waals surface area contributed by atoms with Crippen molar-refractivity contribution in [3.05, 3.63) is 52.3 Å². The molecular weight excluding hydrogens is 472 g/mol. The van der Waals surface area contributed by atoms with Crippen molar-refractivity contribution in [3.63, 3.8) is 0 Å². The number of benzene rings is 1. The zero-order chi connectivity index (χ0) is 26.7. The number of ketones is 1. The van der Waals surface area contributed by atoms with E-state index in [2.05, 4.69) is 6.07 Å². The number of rotatable bonds is 11. The van der Waals surface area contributed by atoms with E-state index < -0.39 is 18.0 Å². The summed E-state index contributed by atoms with van der Waals surface area (Å²) in [4.78, 5) is 31.1. The molecule has 0 amide bonds. The maximum atomic E-state index is 13.5. The van der Waals surface area contributed by atoms with Crippen molar-refractivity contribution in [1.29, 1.82) is 10.7 Å². The molecule has 1 aliphatic carbocycles. The molecule has 1 saturated carbocycles. The minimum atomic E-state index is -1.12. The SMILES string of the molecule is CC(C)(C)c1cc(C(=O)CN2Cc3ccc(C4CC4)nc3C2=N)cc(OCCCC#N)c1OCC(=O)O. The quantitative estimate of drug-likeness (QED) is 0.339. The van der Waals surface area contributed by atoms with Crippen molar-refractivity contribution >= 4 is 17.6 Å². The molecule has 2 heterocycles. The minimum absolute atomic E-state index is 0.000734. The molecule has 9 nitrogen and oxygen atoms in total. The molecule has 1 aromatic heterocycles. The average molecular weight is 505 g/mol. The Morgan fingerprint density at radius 3 is 2.65 bits per heavy atom. The molecule has 0 atom stereocenters. The lowest BCUT2D eigenvalue weighted by molar-refractivity contribution is -0.139. The van der Waals surface area contributed by atoms with Crippen molar-refractivity contribution in [2.24, 2.45) is 0 Å². The first-order valence-electron chi connectivity index (χ1n) is 12.5. The smallest absolute Gasteiger partial charge is 0.341 e. The number of aromatic nitrogens is 1. The van der Waals surface area contributed by atoms with Gasteiger partial charge in [-0.3, -0.25) is 10.2 Å². The normalized spacial score (nSPS) is 14.8. The molecule has 4 rings (SSSR count). The van der Waals surface area contributed by atoms with Crippen molar-refractivity contribution in [1.82, 2.24) is 9.88 Å². The van der Waals surface area contributed by atoms with Gasteiger partial charge >= 0.3 is 5.97 Å². The number of hydrogen-bond donors (Lipinski definition) is 2. The van der Waals surface area contributed by atoms with Crippen LogP contribution in [0.25, 0.3) is 0 Å². The Bertz CT molecular complexity index is 1270. The van der Waals surface area contributed by atoms with Crippen LogP contribution in [0.15, 0.2) is 24.3 Å². The Morgan fingerprint density at radius 2 is 2.00 bits per heavy atom. The number of nitrogens with zero attached hydrogens (tertiary/aromatic N) is 3. The van der Waals surface area contributed by atoms with Crippen molar-refractivity contribution in [3.8, 4) is 17.6 Å². The number of carboxylic acid groups (broad SMARTS) is 1. The maximum absolute atomic E-state index is 13.5. The maximum Gasteiger partial charge on any atom is 0.341 e. The summed E-state index contributed by atoms with van der Waals surface area (Å²) in [6.07, 6.45) is 3.05. The summed E-state index contributed by atoms with van der Waals surface area (Å²) in [7, 11) is 0. The highest BCUT2D eigenvalue weighted by Gasteiger charge is 2.32. The van der Waals surface area contributed by atoms with Gasteiger partial charge in [0.05, 0.1) is 19.2 Å². The fourth-order valence-electron chi connectivity index (χ4n) is 4.32. The molecule has 0 spiro atoms. The molecule has 37 heavy (non-hydrogen) atoms. The molecule has 2 N–H and O–H groups in total. The van der Waals surface area contributed by atoms with Crippen molar-refractivity contribution < 1.29 is 24.2 Å². The van der Waals surface area contributed by atoms with E-state index >= 15 is 0 Å².